The van der Waals surface area contributed by atoms with Gasteiger partial charge in [0.05, 0.1) is 18.2 Å². The van der Waals surface area contributed by atoms with Crippen LogP contribution >= 0.6 is 11.6 Å². The molecule has 0 radical (unpaired) electrons. The van der Waals surface area contributed by atoms with Gasteiger partial charge in [-0.3, -0.25) is 9.89 Å². The Bertz CT molecular complexity index is 665. The predicted octanol–water partition coefficient (Wildman–Crippen LogP) is 3.11. The number of amides is 1. The Morgan fingerprint density at radius 1 is 1.39 bits per heavy atom. The normalized spacial score (nSPS) is 13.6. The number of aromatic amines is 1. The molecule has 124 valence electrons. The van der Waals surface area contributed by atoms with Crippen molar-refractivity contribution in [3.63, 3.8) is 0 Å². The zero-order chi connectivity index (χ0) is 17.0. The monoisotopic (exact) mass is 335 g/mol. The van der Waals surface area contributed by atoms with E-state index in [0.29, 0.717) is 5.02 Å². The number of ether oxygens (including phenoxy) is 1. The van der Waals surface area contributed by atoms with E-state index in [1.165, 1.54) is 0 Å². The molecule has 0 saturated carbocycles. The Kier molecular flexibility index (Phi) is 5.80. The van der Waals surface area contributed by atoms with E-state index in [2.05, 4.69) is 15.5 Å². The van der Waals surface area contributed by atoms with Crippen LogP contribution in [0.15, 0.2) is 24.3 Å². The maximum Gasteiger partial charge on any atom is 0.224 e. The number of methoxy groups -OCH3 is 1. The average molecular weight is 336 g/mol. The molecule has 1 aromatic carbocycles. The summed E-state index contributed by atoms with van der Waals surface area (Å²) in [5.41, 5.74) is 3.56. The Balaban J connectivity index is 2.06. The summed E-state index contributed by atoms with van der Waals surface area (Å²) in [5.74, 6) is -0.0702. The second-order valence-electron chi connectivity index (χ2n) is 5.62. The number of aryl methyl sites for hydroxylation is 2. The number of carbonyl (C=O) groups is 1. The van der Waals surface area contributed by atoms with Crippen LogP contribution in [0.1, 0.15) is 35.5 Å². The first-order chi connectivity index (χ1) is 10.9. The summed E-state index contributed by atoms with van der Waals surface area (Å²) in [4.78, 5) is 12.3. The van der Waals surface area contributed by atoms with E-state index in [4.69, 9.17) is 16.3 Å². The fourth-order valence-electron chi connectivity index (χ4n) is 2.68. The highest BCUT2D eigenvalue weighted by atomic mass is 35.5. The number of rotatable bonds is 6. The molecule has 1 aromatic heterocycles. The van der Waals surface area contributed by atoms with Crippen molar-refractivity contribution in [2.45, 2.75) is 39.3 Å². The highest BCUT2D eigenvalue weighted by molar-refractivity contribution is 6.31. The number of nitrogens with zero attached hydrogens (tertiary/aromatic N) is 1. The van der Waals surface area contributed by atoms with E-state index in [0.717, 1.165) is 22.5 Å². The van der Waals surface area contributed by atoms with Gasteiger partial charge in [-0.1, -0.05) is 29.8 Å². The van der Waals surface area contributed by atoms with E-state index < -0.39 is 0 Å². The van der Waals surface area contributed by atoms with Gasteiger partial charge in [-0.2, -0.15) is 5.10 Å². The van der Waals surface area contributed by atoms with Crippen molar-refractivity contribution in [2.24, 2.45) is 0 Å². The van der Waals surface area contributed by atoms with Crippen LogP contribution in [0.25, 0.3) is 0 Å². The molecule has 0 aliphatic heterocycles. The standard InChI is InChI=1S/C17H22ClN3O2/c1-10-14(11(2)21-20-10)9-16(22)19-12(3)17(23-4)13-7-5-6-8-15(13)18/h5-8,12,17H,9H2,1-4H3,(H,19,22)(H,20,21). The molecule has 2 aromatic rings. The van der Waals surface area contributed by atoms with Crippen LogP contribution in [-0.2, 0) is 16.0 Å². The van der Waals surface area contributed by atoms with Crippen LogP contribution in [0.2, 0.25) is 5.02 Å². The molecular formula is C17H22ClN3O2. The fraction of sp³-hybridized carbons (Fsp3) is 0.412. The maximum absolute atomic E-state index is 12.3. The molecule has 23 heavy (non-hydrogen) atoms. The van der Waals surface area contributed by atoms with Crippen molar-refractivity contribution in [2.75, 3.05) is 7.11 Å². The molecule has 2 rings (SSSR count). The first kappa shape index (κ1) is 17.5. The molecule has 2 unspecified atom stereocenters. The zero-order valence-electron chi connectivity index (χ0n) is 13.8. The summed E-state index contributed by atoms with van der Waals surface area (Å²) in [7, 11) is 1.61. The zero-order valence-corrected chi connectivity index (χ0v) is 14.6. The van der Waals surface area contributed by atoms with Crippen LogP contribution in [0, 0.1) is 13.8 Å². The van der Waals surface area contributed by atoms with Crippen molar-refractivity contribution in [1.29, 1.82) is 0 Å². The van der Waals surface area contributed by atoms with Crippen LogP contribution in [0.3, 0.4) is 0 Å². The first-order valence-corrected chi connectivity index (χ1v) is 7.88. The molecule has 1 heterocycles. The van der Waals surface area contributed by atoms with Crippen molar-refractivity contribution >= 4 is 17.5 Å². The molecule has 0 spiro atoms. The van der Waals surface area contributed by atoms with Crippen LogP contribution in [0.4, 0.5) is 0 Å². The van der Waals surface area contributed by atoms with Gasteiger partial charge in [0.2, 0.25) is 5.91 Å². The van der Waals surface area contributed by atoms with Gasteiger partial charge in [0, 0.05) is 29.0 Å². The van der Waals surface area contributed by atoms with Gasteiger partial charge in [-0.05, 0) is 26.8 Å². The van der Waals surface area contributed by atoms with Gasteiger partial charge in [0.15, 0.2) is 0 Å². The second-order valence-corrected chi connectivity index (χ2v) is 6.03. The number of halogens is 1. The largest absolute Gasteiger partial charge is 0.375 e. The number of nitrogens with one attached hydrogen (secondary N) is 2. The van der Waals surface area contributed by atoms with E-state index in [9.17, 15) is 4.79 Å². The number of H-pyrrole nitrogens is 1. The summed E-state index contributed by atoms with van der Waals surface area (Å²) < 4.78 is 5.54. The van der Waals surface area contributed by atoms with Crippen LogP contribution in [0.5, 0.6) is 0 Å². The summed E-state index contributed by atoms with van der Waals surface area (Å²) in [6.07, 6.45) is -0.0172. The lowest BCUT2D eigenvalue weighted by molar-refractivity contribution is -0.122. The molecule has 1 amide bonds. The highest BCUT2D eigenvalue weighted by Gasteiger charge is 2.23. The molecule has 0 bridgehead atoms. The van der Waals surface area contributed by atoms with Crippen LogP contribution < -0.4 is 5.32 Å². The van der Waals surface area contributed by atoms with Crippen molar-refractivity contribution in [1.82, 2.24) is 15.5 Å². The summed E-state index contributed by atoms with van der Waals surface area (Å²) in [5, 5.41) is 10.6. The third kappa shape index (κ3) is 4.12. The Morgan fingerprint density at radius 2 is 2.09 bits per heavy atom. The molecular weight excluding hydrogens is 314 g/mol. The van der Waals surface area contributed by atoms with Gasteiger partial charge in [-0.25, -0.2) is 0 Å². The van der Waals surface area contributed by atoms with E-state index >= 15 is 0 Å². The highest BCUT2D eigenvalue weighted by Crippen LogP contribution is 2.27. The number of hydrogen-bond acceptors (Lipinski definition) is 3. The summed E-state index contributed by atoms with van der Waals surface area (Å²) in [6.45, 7) is 5.70. The quantitative estimate of drug-likeness (QED) is 0.852. The maximum atomic E-state index is 12.3. The minimum atomic E-state index is -0.306. The van der Waals surface area contributed by atoms with E-state index in [1.807, 2.05) is 45.0 Å². The van der Waals surface area contributed by atoms with Gasteiger partial charge in [0.25, 0.3) is 0 Å². The Morgan fingerprint density at radius 3 is 2.65 bits per heavy atom. The number of carbonyl (C=O) groups excluding carboxylic acids is 1. The Hall–Kier alpha value is -1.85. The molecule has 0 aliphatic rings. The van der Waals surface area contributed by atoms with Gasteiger partial charge in [-0.15, -0.1) is 0 Å². The minimum Gasteiger partial charge on any atom is -0.375 e. The topological polar surface area (TPSA) is 67.0 Å². The minimum absolute atomic E-state index is 0.0702. The number of hydrogen-bond donors (Lipinski definition) is 2. The molecule has 6 heteroatoms. The third-order valence-corrected chi connectivity index (χ3v) is 4.27. The summed E-state index contributed by atoms with van der Waals surface area (Å²) in [6, 6.07) is 7.28. The third-order valence-electron chi connectivity index (χ3n) is 3.93. The van der Waals surface area contributed by atoms with Crippen molar-refractivity contribution < 1.29 is 9.53 Å². The first-order valence-electron chi connectivity index (χ1n) is 7.51. The molecule has 2 atom stereocenters. The van der Waals surface area contributed by atoms with Crippen molar-refractivity contribution in [3.8, 4) is 0 Å². The van der Waals surface area contributed by atoms with Crippen molar-refractivity contribution in [3.05, 3.63) is 51.8 Å². The SMILES string of the molecule is COC(c1ccccc1Cl)C(C)NC(=O)Cc1c(C)n[nH]c1C. The smallest absolute Gasteiger partial charge is 0.224 e. The van der Waals surface area contributed by atoms with Gasteiger partial charge in [0.1, 0.15) is 6.10 Å². The number of aromatic nitrogens is 2. The molecule has 0 fully saturated rings. The average Bonchev–Trinajstić information content (AvgIpc) is 2.81. The second kappa shape index (κ2) is 7.62. The molecule has 2 N–H and O–H groups in total. The molecule has 0 aliphatic carbocycles. The lowest BCUT2D eigenvalue weighted by atomic mass is 10.0. The fourth-order valence-corrected chi connectivity index (χ4v) is 2.93. The van der Waals surface area contributed by atoms with Gasteiger partial charge >= 0.3 is 0 Å². The molecule has 0 saturated heterocycles. The number of benzene rings is 1. The van der Waals surface area contributed by atoms with Crippen LogP contribution in [-0.4, -0.2) is 29.3 Å². The van der Waals surface area contributed by atoms with E-state index in [1.54, 1.807) is 7.11 Å². The predicted molar refractivity (Wildman–Crippen MR) is 90.6 cm³/mol. The van der Waals surface area contributed by atoms with Gasteiger partial charge < -0.3 is 10.1 Å². The lowest BCUT2D eigenvalue weighted by Gasteiger charge is -2.25. The van der Waals surface area contributed by atoms with E-state index in [-0.39, 0.29) is 24.5 Å². The summed E-state index contributed by atoms with van der Waals surface area (Å²) >= 11 is 6.23. The Labute approximate surface area is 141 Å². The molecule has 5 nitrogen and oxygen atoms in total. The lowest BCUT2D eigenvalue weighted by Crippen LogP contribution is -2.38.